The van der Waals surface area contributed by atoms with Crippen LogP contribution >= 0.6 is 0 Å². The Kier molecular flexibility index (Phi) is 3.80. The molecule has 0 spiro atoms. The molecular formula is C20H16N2O4. The first-order valence-corrected chi connectivity index (χ1v) is 8.28. The summed E-state index contributed by atoms with van der Waals surface area (Å²) in [6.07, 6.45) is 0.733. The summed E-state index contributed by atoms with van der Waals surface area (Å²) in [5, 5.41) is 3.42. The van der Waals surface area contributed by atoms with E-state index in [9.17, 15) is 14.4 Å². The van der Waals surface area contributed by atoms with E-state index in [1.54, 1.807) is 29.2 Å². The molecule has 6 nitrogen and oxygen atoms in total. The predicted molar refractivity (Wildman–Crippen MR) is 98.6 cm³/mol. The van der Waals surface area contributed by atoms with E-state index in [-0.39, 0.29) is 11.5 Å². The average Bonchev–Trinajstić information content (AvgIpc) is 3.04. The number of nitrogens with one attached hydrogen (secondary N) is 1. The second-order valence-electron chi connectivity index (χ2n) is 6.20. The lowest BCUT2D eigenvalue weighted by Crippen LogP contribution is -2.25. The summed E-state index contributed by atoms with van der Waals surface area (Å²) >= 11 is 0. The van der Waals surface area contributed by atoms with Gasteiger partial charge in [-0.1, -0.05) is 18.2 Å². The predicted octanol–water partition coefficient (Wildman–Crippen LogP) is 2.95. The number of nitrogens with zero attached hydrogens (tertiary/aromatic N) is 1. The number of hydrogen-bond acceptors (Lipinski definition) is 4. The van der Waals surface area contributed by atoms with Gasteiger partial charge >= 0.3 is 5.63 Å². The van der Waals surface area contributed by atoms with Crippen LogP contribution in [0.15, 0.2) is 57.7 Å². The molecule has 130 valence electrons. The van der Waals surface area contributed by atoms with Gasteiger partial charge in [0.25, 0.3) is 5.91 Å². The maximum Gasteiger partial charge on any atom is 0.349 e. The van der Waals surface area contributed by atoms with Crippen molar-refractivity contribution in [2.24, 2.45) is 0 Å². The number of anilines is 2. The van der Waals surface area contributed by atoms with E-state index < -0.39 is 11.5 Å². The third-order valence-corrected chi connectivity index (χ3v) is 4.50. The van der Waals surface area contributed by atoms with Gasteiger partial charge in [-0.15, -0.1) is 0 Å². The van der Waals surface area contributed by atoms with Gasteiger partial charge in [-0.2, -0.15) is 0 Å². The lowest BCUT2D eigenvalue weighted by Gasteiger charge is -2.15. The molecule has 26 heavy (non-hydrogen) atoms. The molecule has 4 rings (SSSR count). The molecule has 0 fully saturated rings. The standard InChI is InChI=1S/C20H16N2O4/c1-12(23)22-9-8-13-10-15(6-7-17(13)22)21-19(24)16-11-14-4-2-3-5-18(14)26-20(16)25/h2-7,10-11H,8-9H2,1H3,(H,21,24). The Hall–Kier alpha value is -3.41. The van der Waals surface area contributed by atoms with Crippen LogP contribution in [0.4, 0.5) is 11.4 Å². The van der Waals surface area contributed by atoms with Gasteiger partial charge in [-0.25, -0.2) is 4.79 Å². The number of para-hydroxylation sites is 1. The molecule has 1 aromatic heterocycles. The lowest BCUT2D eigenvalue weighted by atomic mass is 10.1. The number of benzene rings is 2. The summed E-state index contributed by atoms with van der Waals surface area (Å²) in [6.45, 7) is 2.17. The minimum Gasteiger partial charge on any atom is -0.422 e. The molecule has 1 N–H and O–H groups in total. The average molecular weight is 348 g/mol. The van der Waals surface area contributed by atoms with Crippen LogP contribution < -0.4 is 15.8 Å². The number of carbonyl (C=O) groups is 2. The van der Waals surface area contributed by atoms with Crippen LogP contribution in [0.25, 0.3) is 11.0 Å². The van der Waals surface area contributed by atoms with Gasteiger partial charge in [-0.05, 0) is 42.3 Å². The summed E-state index contributed by atoms with van der Waals surface area (Å²) < 4.78 is 5.21. The molecule has 2 heterocycles. The van der Waals surface area contributed by atoms with E-state index >= 15 is 0 Å². The summed E-state index contributed by atoms with van der Waals surface area (Å²) in [7, 11) is 0. The molecule has 2 amide bonds. The fraction of sp³-hybridized carbons (Fsp3) is 0.150. The fourth-order valence-electron chi connectivity index (χ4n) is 3.23. The Morgan fingerprint density at radius 3 is 2.73 bits per heavy atom. The first-order valence-electron chi connectivity index (χ1n) is 8.28. The lowest BCUT2D eigenvalue weighted by molar-refractivity contribution is -0.116. The van der Waals surface area contributed by atoms with Gasteiger partial charge in [0.15, 0.2) is 0 Å². The molecule has 1 aliphatic heterocycles. The topological polar surface area (TPSA) is 79.6 Å². The Labute approximate surface area is 149 Å². The van der Waals surface area contributed by atoms with Crippen LogP contribution in [0, 0.1) is 0 Å². The van der Waals surface area contributed by atoms with Crippen LogP contribution in [0.2, 0.25) is 0 Å². The highest BCUT2D eigenvalue weighted by Gasteiger charge is 2.22. The van der Waals surface area contributed by atoms with E-state index in [1.165, 1.54) is 13.0 Å². The van der Waals surface area contributed by atoms with Gasteiger partial charge < -0.3 is 14.6 Å². The highest BCUT2D eigenvalue weighted by Crippen LogP contribution is 2.30. The summed E-state index contributed by atoms with van der Waals surface area (Å²) in [4.78, 5) is 37.9. The highest BCUT2D eigenvalue weighted by molar-refractivity contribution is 6.05. The van der Waals surface area contributed by atoms with Crippen molar-refractivity contribution < 1.29 is 14.0 Å². The second-order valence-corrected chi connectivity index (χ2v) is 6.20. The summed E-state index contributed by atoms with van der Waals surface area (Å²) in [5.41, 5.74) is 2.14. The van der Waals surface area contributed by atoms with Crippen molar-refractivity contribution in [3.8, 4) is 0 Å². The van der Waals surface area contributed by atoms with Crippen molar-refractivity contribution in [3.05, 3.63) is 70.1 Å². The quantitative estimate of drug-likeness (QED) is 0.722. The third kappa shape index (κ3) is 2.75. The Morgan fingerprint density at radius 2 is 1.92 bits per heavy atom. The number of carbonyl (C=O) groups excluding carboxylic acids is 2. The zero-order chi connectivity index (χ0) is 18.3. The normalized spacial score (nSPS) is 12.9. The third-order valence-electron chi connectivity index (χ3n) is 4.50. The molecular weight excluding hydrogens is 332 g/mol. The number of amides is 2. The smallest absolute Gasteiger partial charge is 0.349 e. The van der Waals surface area contributed by atoms with E-state index in [0.29, 0.717) is 23.2 Å². The molecule has 0 bridgehead atoms. The van der Waals surface area contributed by atoms with Gasteiger partial charge in [0.1, 0.15) is 11.1 Å². The van der Waals surface area contributed by atoms with E-state index in [2.05, 4.69) is 5.32 Å². The molecule has 0 radical (unpaired) electrons. The molecule has 0 aliphatic carbocycles. The SMILES string of the molecule is CC(=O)N1CCc2cc(NC(=O)c3cc4ccccc4oc3=O)ccc21. The molecule has 0 unspecified atom stereocenters. The van der Waals surface area contributed by atoms with Crippen LogP contribution in [-0.4, -0.2) is 18.4 Å². The Balaban J connectivity index is 1.62. The van der Waals surface area contributed by atoms with E-state index in [0.717, 1.165) is 17.7 Å². The molecule has 3 aromatic rings. The van der Waals surface area contributed by atoms with Crippen molar-refractivity contribution in [3.63, 3.8) is 0 Å². The minimum absolute atomic E-state index is 0.00527. The Morgan fingerprint density at radius 1 is 1.12 bits per heavy atom. The van der Waals surface area contributed by atoms with Crippen molar-refractivity contribution in [1.29, 1.82) is 0 Å². The second kappa shape index (κ2) is 6.15. The van der Waals surface area contributed by atoms with Gasteiger partial charge in [0.05, 0.1) is 0 Å². The van der Waals surface area contributed by atoms with Crippen molar-refractivity contribution in [2.75, 3.05) is 16.8 Å². The maximum absolute atomic E-state index is 12.5. The van der Waals surface area contributed by atoms with Crippen LogP contribution in [-0.2, 0) is 11.2 Å². The summed E-state index contributed by atoms with van der Waals surface area (Å²) in [6, 6.07) is 13.9. The largest absolute Gasteiger partial charge is 0.422 e. The monoisotopic (exact) mass is 348 g/mol. The molecule has 1 aliphatic rings. The minimum atomic E-state index is -0.676. The van der Waals surface area contributed by atoms with Gasteiger partial charge in [0, 0.05) is 30.2 Å². The van der Waals surface area contributed by atoms with Crippen LogP contribution in [0.3, 0.4) is 0 Å². The first kappa shape index (κ1) is 16.1. The Bertz CT molecular complexity index is 1100. The van der Waals surface area contributed by atoms with Crippen molar-refractivity contribution in [2.45, 2.75) is 13.3 Å². The van der Waals surface area contributed by atoms with E-state index in [4.69, 9.17) is 4.42 Å². The molecule has 0 atom stereocenters. The number of hydrogen-bond donors (Lipinski definition) is 1. The zero-order valence-electron chi connectivity index (χ0n) is 14.1. The maximum atomic E-state index is 12.5. The summed E-state index contributed by atoms with van der Waals surface area (Å²) in [5.74, 6) is -0.528. The molecule has 0 saturated heterocycles. The molecule has 2 aromatic carbocycles. The molecule has 0 saturated carbocycles. The van der Waals surface area contributed by atoms with Crippen LogP contribution in [0.1, 0.15) is 22.8 Å². The zero-order valence-corrected chi connectivity index (χ0v) is 14.1. The number of fused-ring (bicyclic) bond motifs is 2. The van der Waals surface area contributed by atoms with Crippen molar-refractivity contribution in [1.82, 2.24) is 0 Å². The van der Waals surface area contributed by atoms with Crippen LogP contribution in [0.5, 0.6) is 0 Å². The highest BCUT2D eigenvalue weighted by atomic mass is 16.4. The van der Waals surface area contributed by atoms with Gasteiger partial charge in [-0.3, -0.25) is 9.59 Å². The van der Waals surface area contributed by atoms with E-state index in [1.807, 2.05) is 18.2 Å². The molecule has 6 heteroatoms. The first-order chi connectivity index (χ1) is 12.5. The van der Waals surface area contributed by atoms with Crippen molar-refractivity contribution >= 4 is 34.2 Å². The number of rotatable bonds is 2. The van der Waals surface area contributed by atoms with Gasteiger partial charge in [0.2, 0.25) is 5.91 Å². The fourth-order valence-corrected chi connectivity index (χ4v) is 3.23.